The van der Waals surface area contributed by atoms with Crippen molar-refractivity contribution in [1.29, 1.82) is 0 Å². The van der Waals surface area contributed by atoms with Gasteiger partial charge in [-0.25, -0.2) is 8.42 Å². The maximum absolute atomic E-state index is 13.3. The zero-order chi connectivity index (χ0) is 17.3. The molecule has 0 heterocycles. The molecule has 2 N–H and O–H groups in total. The number of aryl methyl sites for hydroxylation is 2. The van der Waals surface area contributed by atoms with Crippen LogP contribution < -0.4 is 5.32 Å². The Morgan fingerprint density at radius 3 is 2.48 bits per heavy atom. The van der Waals surface area contributed by atoms with E-state index in [-0.39, 0.29) is 11.5 Å². The summed E-state index contributed by atoms with van der Waals surface area (Å²) < 4.78 is 25.2. The topological polar surface area (TPSA) is 83.5 Å². The number of hydrogen-bond donors (Lipinski definition) is 2. The average Bonchev–Trinajstić information content (AvgIpc) is 3.00. The maximum atomic E-state index is 13.3. The number of hydrogen-bond acceptors (Lipinski definition) is 4. The SMILES string of the molecule is Cc1ccc(C)c(S(=O)(=O)C2(C(=O)N[C@@H](C)CO)CCCC2)c1. The molecular formula is C17H25NO4S. The van der Waals surface area contributed by atoms with Crippen molar-refractivity contribution in [3.63, 3.8) is 0 Å². The van der Waals surface area contributed by atoms with Crippen molar-refractivity contribution in [2.45, 2.75) is 62.1 Å². The summed E-state index contributed by atoms with van der Waals surface area (Å²) in [5, 5.41) is 11.8. The normalized spacial score (nSPS) is 18.6. The minimum absolute atomic E-state index is 0.217. The van der Waals surface area contributed by atoms with Crippen molar-refractivity contribution < 1.29 is 18.3 Å². The van der Waals surface area contributed by atoms with Crippen LogP contribution in [0, 0.1) is 13.8 Å². The van der Waals surface area contributed by atoms with Gasteiger partial charge >= 0.3 is 0 Å². The highest BCUT2D eigenvalue weighted by Crippen LogP contribution is 2.41. The van der Waals surface area contributed by atoms with Gasteiger partial charge in [0.05, 0.1) is 11.5 Å². The molecule has 0 aromatic heterocycles. The van der Waals surface area contributed by atoms with E-state index < -0.39 is 26.5 Å². The second-order valence-electron chi connectivity index (χ2n) is 6.53. The third-order valence-corrected chi connectivity index (χ3v) is 7.27. The van der Waals surface area contributed by atoms with Crippen LogP contribution in [0.2, 0.25) is 0 Å². The molecule has 0 saturated heterocycles. The first-order valence-electron chi connectivity index (χ1n) is 7.98. The van der Waals surface area contributed by atoms with Crippen molar-refractivity contribution in [3.8, 4) is 0 Å². The van der Waals surface area contributed by atoms with Gasteiger partial charge in [-0.2, -0.15) is 0 Å². The van der Waals surface area contributed by atoms with E-state index in [1.165, 1.54) is 0 Å². The predicted molar refractivity (Wildman–Crippen MR) is 89.0 cm³/mol. The molecule has 1 amide bonds. The lowest BCUT2D eigenvalue weighted by Gasteiger charge is -2.29. The number of carbonyl (C=O) groups is 1. The second kappa shape index (κ2) is 6.61. The molecule has 128 valence electrons. The highest BCUT2D eigenvalue weighted by atomic mass is 32.2. The molecule has 1 saturated carbocycles. The third kappa shape index (κ3) is 3.15. The fourth-order valence-electron chi connectivity index (χ4n) is 3.17. The Morgan fingerprint density at radius 2 is 1.91 bits per heavy atom. The highest BCUT2D eigenvalue weighted by Gasteiger charge is 2.53. The monoisotopic (exact) mass is 339 g/mol. The van der Waals surface area contributed by atoms with E-state index in [4.69, 9.17) is 5.11 Å². The van der Waals surface area contributed by atoms with Crippen LogP contribution >= 0.6 is 0 Å². The molecular weight excluding hydrogens is 314 g/mol. The Labute approximate surface area is 138 Å². The molecule has 1 aromatic carbocycles. The third-order valence-electron chi connectivity index (χ3n) is 4.62. The van der Waals surface area contributed by atoms with Crippen LogP contribution in [0.5, 0.6) is 0 Å². The van der Waals surface area contributed by atoms with Crippen LogP contribution in [0.4, 0.5) is 0 Å². The number of aliphatic hydroxyl groups excluding tert-OH is 1. The van der Waals surface area contributed by atoms with Gasteiger partial charge in [0.15, 0.2) is 14.6 Å². The fraction of sp³-hybridized carbons (Fsp3) is 0.588. The molecule has 1 aliphatic rings. The summed E-state index contributed by atoms with van der Waals surface area (Å²) in [7, 11) is -3.80. The van der Waals surface area contributed by atoms with Crippen LogP contribution in [-0.2, 0) is 14.6 Å². The number of aliphatic hydroxyl groups is 1. The van der Waals surface area contributed by atoms with Gasteiger partial charge in [0.1, 0.15) is 0 Å². The molecule has 1 fully saturated rings. The maximum Gasteiger partial charge on any atom is 0.242 e. The molecule has 0 radical (unpaired) electrons. The van der Waals surface area contributed by atoms with Crippen molar-refractivity contribution in [2.24, 2.45) is 0 Å². The second-order valence-corrected chi connectivity index (χ2v) is 8.76. The van der Waals surface area contributed by atoms with E-state index in [2.05, 4.69) is 5.32 Å². The molecule has 1 atom stereocenters. The Hall–Kier alpha value is -1.40. The molecule has 0 bridgehead atoms. The number of rotatable bonds is 5. The number of carbonyl (C=O) groups excluding carboxylic acids is 1. The van der Waals surface area contributed by atoms with Gasteiger partial charge in [0, 0.05) is 6.04 Å². The van der Waals surface area contributed by atoms with Crippen molar-refractivity contribution >= 4 is 15.7 Å². The zero-order valence-electron chi connectivity index (χ0n) is 13.9. The van der Waals surface area contributed by atoms with Gasteiger partial charge in [-0.1, -0.05) is 25.0 Å². The van der Waals surface area contributed by atoms with E-state index in [9.17, 15) is 13.2 Å². The molecule has 0 spiro atoms. The van der Waals surface area contributed by atoms with Gasteiger partial charge < -0.3 is 10.4 Å². The number of sulfone groups is 1. The molecule has 0 unspecified atom stereocenters. The molecule has 1 aliphatic carbocycles. The van der Waals surface area contributed by atoms with Crippen LogP contribution in [-0.4, -0.2) is 36.8 Å². The first kappa shape index (κ1) is 17.9. The lowest BCUT2D eigenvalue weighted by atomic mass is 10.1. The summed E-state index contributed by atoms with van der Waals surface area (Å²) in [5.74, 6) is -0.488. The van der Waals surface area contributed by atoms with E-state index in [0.29, 0.717) is 31.2 Å². The fourth-order valence-corrected chi connectivity index (χ4v) is 5.56. The standard InChI is InChI=1S/C17H25NO4S/c1-12-6-7-13(2)15(10-12)23(21,22)17(8-4-5-9-17)16(20)18-14(3)11-19/h6-7,10,14,19H,4-5,8-9,11H2,1-3H3,(H,18,20)/t14-/m0/s1. The lowest BCUT2D eigenvalue weighted by Crippen LogP contribution is -2.53. The Balaban J connectivity index is 2.51. The molecule has 23 heavy (non-hydrogen) atoms. The van der Waals surface area contributed by atoms with E-state index in [1.54, 1.807) is 26.0 Å². The van der Waals surface area contributed by atoms with Crippen molar-refractivity contribution in [3.05, 3.63) is 29.3 Å². The van der Waals surface area contributed by atoms with Crippen molar-refractivity contribution in [1.82, 2.24) is 5.32 Å². The quantitative estimate of drug-likeness (QED) is 0.858. The zero-order valence-corrected chi connectivity index (χ0v) is 14.7. The van der Waals surface area contributed by atoms with Gasteiger partial charge in [-0.05, 0) is 50.8 Å². The summed E-state index contributed by atoms with van der Waals surface area (Å²) >= 11 is 0. The number of nitrogens with one attached hydrogen (secondary N) is 1. The van der Waals surface area contributed by atoms with Crippen LogP contribution in [0.1, 0.15) is 43.7 Å². The minimum Gasteiger partial charge on any atom is -0.394 e. The Kier molecular flexibility index (Phi) is 5.16. The first-order valence-corrected chi connectivity index (χ1v) is 9.46. The number of amides is 1. The smallest absolute Gasteiger partial charge is 0.242 e. The Bertz CT molecular complexity index is 691. The highest BCUT2D eigenvalue weighted by molar-refractivity contribution is 7.93. The Morgan fingerprint density at radius 1 is 1.30 bits per heavy atom. The first-order chi connectivity index (χ1) is 10.7. The average molecular weight is 339 g/mol. The van der Waals surface area contributed by atoms with Crippen LogP contribution in [0.25, 0.3) is 0 Å². The van der Waals surface area contributed by atoms with Gasteiger partial charge in [-0.3, -0.25) is 4.79 Å². The lowest BCUT2D eigenvalue weighted by molar-refractivity contribution is -0.124. The summed E-state index contributed by atoms with van der Waals surface area (Å²) in [6.07, 6.45) is 2.08. The van der Waals surface area contributed by atoms with Crippen LogP contribution in [0.3, 0.4) is 0 Å². The predicted octanol–water partition coefficient (Wildman–Crippen LogP) is 1.89. The summed E-state index contributed by atoms with van der Waals surface area (Å²) in [5.41, 5.74) is 1.51. The molecule has 2 rings (SSSR count). The van der Waals surface area contributed by atoms with Crippen LogP contribution in [0.15, 0.2) is 23.1 Å². The van der Waals surface area contributed by atoms with E-state index in [0.717, 1.165) is 5.56 Å². The minimum atomic E-state index is -3.80. The molecule has 6 heteroatoms. The number of benzene rings is 1. The largest absolute Gasteiger partial charge is 0.394 e. The van der Waals surface area contributed by atoms with Gasteiger partial charge in [0.25, 0.3) is 0 Å². The van der Waals surface area contributed by atoms with E-state index in [1.807, 2.05) is 13.0 Å². The summed E-state index contributed by atoms with van der Waals surface area (Å²) in [6, 6.07) is 4.82. The molecule has 5 nitrogen and oxygen atoms in total. The summed E-state index contributed by atoms with van der Waals surface area (Å²) in [4.78, 5) is 13.0. The summed E-state index contributed by atoms with van der Waals surface area (Å²) in [6.45, 7) is 5.04. The van der Waals surface area contributed by atoms with E-state index >= 15 is 0 Å². The van der Waals surface area contributed by atoms with Crippen molar-refractivity contribution in [2.75, 3.05) is 6.61 Å². The van der Waals surface area contributed by atoms with Gasteiger partial charge in [-0.15, -0.1) is 0 Å². The molecule has 0 aliphatic heterocycles. The van der Waals surface area contributed by atoms with Gasteiger partial charge in [0.2, 0.25) is 5.91 Å². The molecule has 1 aromatic rings.